The molecule has 0 spiro atoms. The van der Waals surface area contributed by atoms with Gasteiger partial charge < -0.3 is 4.57 Å². The fraction of sp³-hybridized carbons (Fsp3) is 0.333. The second-order valence-electron chi connectivity index (χ2n) is 1.96. The lowest BCUT2D eigenvalue weighted by Crippen LogP contribution is -2.05. The summed E-state index contributed by atoms with van der Waals surface area (Å²) in [4.78, 5) is 4.16. The maximum atomic E-state index is 4.16. The Morgan fingerprint density at radius 1 is 1.67 bits per heavy atom. The van der Waals surface area contributed by atoms with E-state index in [2.05, 4.69) is 16.0 Å². The Morgan fingerprint density at radius 3 is 3.56 bits per heavy atom. The van der Waals surface area contributed by atoms with Crippen LogP contribution in [0, 0.1) is 6.42 Å². The molecule has 0 unspecified atom stereocenters. The lowest BCUT2D eigenvalue weighted by Gasteiger charge is -2.10. The molecule has 1 aliphatic heterocycles. The molecule has 1 radical (unpaired) electrons. The minimum Gasteiger partial charge on any atom is -0.326 e. The maximum absolute atomic E-state index is 4.16. The van der Waals surface area contributed by atoms with Gasteiger partial charge in [0, 0.05) is 24.7 Å². The van der Waals surface area contributed by atoms with Crippen LogP contribution in [0.1, 0.15) is 0 Å². The fourth-order valence-corrected chi connectivity index (χ4v) is 1.71. The van der Waals surface area contributed by atoms with Crippen LogP contribution in [-0.4, -0.2) is 15.3 Å². The van der Waals surface area contributed by atoms with Crippen molar-refractivity contribution in [2.24, 2.45) is 0 Å². The van der Waals surface area contributed by atoms with Crippen molar-refractivity contribution in [3.05, 3.63) is 18.8 Å². The molecule has 2 nitrogen and oxygen atoms in total. The van der Waals surface area contributed by atoms with Crippen molar-refractivity contribution in [2.45, 2.75) is 11.7 Å². The van der Waals surface area contributed by atoms with Gasteiger partial charge in [-0.25, -0.2) is 4.98 Å². The highest BCUT2D eigenvalue weighted by atomic mass is 32.2. The average molecular weight is 139 g/mol. The summed E-state index contributed by atoms with van der Waals surface area (Å²) in [5.41, 5.74) is 0. The van der Waals surface area contributed by atoms with E-state index >= 15 is 0 Å². The van der Waals surface area contributed by atoms with Crippen LogP contribution in [0.2, 0.25) is 0 Å². The van der Waals surface area contributed by atoms with Gasteiger partial charge in [0.2, 0.25) is 0 Å². The normalized spacial score (nSPS) is 17.3. The van der Waals surface area contributed by atoms with Crippen LogP contribution in [0.15, 0.2) is 17.6 Å². The lowest BCUT2D eigenvalue weighted by molar-refractivity contribution is 0.682. The molecule has 0 saturated carbocycles. The van der Waals surface area contributed by atoms with Crippen LogP contribution in [0.25, 0.3) is 0 Å². The molecule has 0 aromatic carbocycles. The Balaban J connectivity index is 2.39. The number of aromatic nitrogens is 2. The lowest BCUT2D eigenvalue weighted by atomic mass is 10.5. The number of nitrogens with zero attached hydrogens (tertiary/aromatic N) is 2. The average Bonchev–Trinajstić information content (AvgIpc) is 2.33. The van der Waals surface area contributed by atoms with E-state index in [-0.39, 0.29) is 0 Å². The highest BCUT2D eigenvalue weighted by Crippen LogP contribution is 2.20. The number of imidazole rings is 1. The van der Waals surface area contributed by atoms with Gasteiger partial charge in [-0.1, -0.05) is 11.8 Å². The molecule has 0 amide bonds. The van der Waals surface area contributed by atoms with Crippen LogP contribution in [0.5, 0.6) is 0 Å². The van der Waals surface area contributed by atoms with Gasteiger partial charge in [-0.3, -0.25) is 0 Å². The van der Waals surface area contributed by atoms with Crippen LogP contribution < -0.4 is 0 Å². The van der Waals surface area contributed by atoms with E-state index in [0.717, 1.165) is 17.5 Å². The number of hydrogen-bond acceptors (Lipinski definition) is 2. The van der Waals surface area contributed by atoms with Crippen molar-refractivity contribution in [3.63, 3.8) is 0 Å². The fourth-order valence-electron chi connectivity index (χ4n) is 0.900. The van der Waals surface area contributed by atoms with Crippen LogP contribution in [0.3, 0.4) is 0 Å². The molecule has 1 aromatic rings. The molecule has 0 bridgehead atoms. The first-order valence-corrected chi connectivity index (χ1v) is 3.91. The summed E-state index contributed by atoms with van der Waals surface area (Å²) in [6.45, 7) is 1.03. The molecular formula is C6H7N2S. The van der Waals surface area contributed by atoms with Crippen molar-refractivity contribution < 1.29 is 0 Å². The van der Waals surface area contributed by atoms with E-state index in [0.29, 0.717) is 0 Å². The predicted molar refractivity (Wildman–Crippen MR) is 37.3 cm³/mol. The second-order valence-corrected chi connectivity index (χ2v) is 2.95. The van der Waals surface area contributed by atoms with Gasteiger partial charge in [-0.05, 0) is 6.42 Å². The summed E-state index contributed by atoms with van der Waals surface area (Å²) in [7, 11) is 0. The molecule has 0 saturated heterocycles. The zero-order chi connectivity index (χ0) is 6.10. The van der Waals surface area contributed by atoms with E-state index in [9.17, 15) is 0 Å². The topological polar surface area (TPSA) is 17.8 Å². The minimum atomic E-state index is 1.03. The van der Waals surface area contributed by atoms with Crippen molar-refractivity contribution in [1.82, 2.24) is 9.55 Å². The van der Waals surface area contributed by atoms with E-state index < -0.39 is 0 Å². The van der Waals surface area contributed by atoms with Crippen LogP contribution in [-0.2, 0) is 6.54 Å². The third-order valence-electron chi connectivity index (χ3n) is 1.33. The predicted octanol–water partition coefficient (Wildman–Crippen LogP) is 1.19. The van der Waals surface area contributed by atoms with Crippen molar-refractivity contribution in [2.75, 3.05) is 5.75 Å². The second kappa shape index (κ2) is 2.06. The Hall–Kier alpha value is -0.440. The summed E-state index contributed by atoms with van der Waals surface area (Å²) >= 11 is 1.79. The zero-order valence-corrected chi connectivity index (χ0v) is 5.77. The molecule has 0 fully saturated rings. The quantitative estimate of drug-likeness (QED) is 0.537. The molecule has 47 valence electrons. The first kappa shape index (κ1) is 5.35. The SMILES string of the molecule is [CH]1CSc2nccn2C1. The Labute approximate surface area is 58.3 Å². The van der Waals surface area contributed by atoms with Gasteiger partial charge in [-0.2, -0.15) is 0 Å². The van der Waals surface area contributed by atoms with Gasteiger partial charge >= 0.3 is 0 Å². The summed E-state index contributed by atoms with van der Waals surface area (Å²) in [5, 5.41) is 1.15. The minimum absolute atomic E-state index is 1.03. The van der Waals surface area contributed by atoms with Gasteiger partial charge in [0.15, 0.2) is 5.16 Å². The van der Waals surface area contributed by atoms with Crippen molar-refractivity contribution in [3.8, 4) is 0 Å². The molecular weight excluding hydrogens is 132 g/mol. The summed E-state index contributed by atoms with van der Waals surface area (Å²) in [5.74, 6) is 1.11. The number of fused-ring (bicyclic) bond motifs is 1. The standard InChI is InChI=1S/C6H7N2S/c1-3-8-4-2-7-6(8)9-5-1/h1-2,4H,3,5H2. The summed E-state index contributed by atoms with van der Waals surface area (Å²) < 4.78 is 2.15. The molecule has 2 heterocycles. The number of thioether (sulfide) groups is 1. The van der Waals surface area contributed by atoms with Gasteiger partial charge in [0.25, 0.3) is 0 Å². The van der Waals surface area contributed by atoms with E-state index in [4.69, 9.17) is 0 Å². The van der Waals surface area contributed by atoms with Gasteiger partial charge in [-0.15, -0.1) is 0 Å². The molecule has 9 heavy (non-hydrogen) atoms. The van der Waals surface area contributed by atoms with E-state index in [1.807, 2.05) is 12.4 Å². The summed E-state index contributed by atoms with van der Waals surface area (Å²) in [6, 6.07) is 0. The Kier molecular flexibility index (Phi) is 1.23. The first-order chi connectivity index (χ1) is 4.47. The zero-order valence-electron chi connectivity index (χ0n) is 4.95. The highest BCUT2D eigenvalue weighted by Gasteiger charge is 2.07. The first-order valence-electron chi connectivity index (χ1n) is 2.92. The molecule has 1 aromatic heterocycles. The number of hydrogen-bond donors (Lipinski definition) is 0. The molecule has 0 aliphatic carbocycles. The van der Waals surface area contributed by atoms with Gasteiger partial charge in [0.05, 0.1) is 0 Å². The Bertz CT molecular complexity index is 186. The summed E-state index contributed by atoms with van der Waals surface area (Å²) in [6.07, 6.45) is 6.11. The van der Waals surface area contributed by atoms with E-state index in [1.165, 1.54) is 0 Å². The third kappa shape index (κ3) is 0.852. The molecule has 1 aliphatic rings. The maximum Gasteiger partial charge on any atom is 0.167 e. The van der Waals surface area contributed by atoms with Crippen molar-refractivity contribution >= 4 is 11.8 Å². The number of rotatable bonds is 0. The molecule has 0 atom stereocenters. The van der Waals surface area contributed by atoms with Gasteiger partial charge in [0.1, 0.15) is 0 Å². The molecule has 3 heteroatoms. The molecule has 2 rings (SSSR count). The van der Waals surface area contributed by atoms with Crippen LogP contribution in [0.4, 0.5) is 0 Å². The largest absolute Gasteiger partial charge is 0.326 e. The monoisotopic (exact) mass is 139 g/mol. The smallest absolute Gasteiger partial charge is 0.167 e. The van der Waals surface area contributed by atoms with Crippen LogP contribution >= 0.6 is 11.8 Å². The highest BCUT2D eigenvalue weighted by molar-refractivity contribution is 7.99. The van der Waals surface area contributed by atoms with E-state index in [1.54, 1.807) is 11.8 Å². The third-order valence-corrected chi connectivity index (χ3v) is 2.33. The Morgan fingerprint density at radius 2 is 2.67 bits per heavy atom. The molecule has 0 N–H and O–H groups in total. The van der Waals surface area contributed by atoms with Crippen molar-refractivity contribution in [1.29, 1.82) is 0 Å².